The van der Waals surface area contributed by atoms with Crippen LogP contribution >= 0.6 is 15.9 Å². The van der Waals surface area contributed by atoms with Gasteiger partial charge in [-0.2, -0.15) is 0 Å². The van der Waals surface area contributed by atoms with Crippen molar-refractivity contribution in [2.75, 3.05) is 7.11 Å². The normalized spacial score (nSPS) is 11.2. The van der Waals surface area contributed by atoms with Gasteiger partial charge in [-0.25, -0.2) is 9.78 Å². The number of esters is 1. The third-order valence-corrected chi connectivity index (χ3v) is 4.48. The standard InChI is InChI=1S/C15H12BBrN2O2/c1-6-4-8-10-12(17)11(16)9(15(20)21-3)7(2)13(10)19-14(8)18-5-6/h4-5H,1-3H3,(H,18,19). The SMILES string of the molecule is [B]c1c(C(=O)OC)c(C)c2[nH]c3ncc(C)cc3c2c1Br. The molecule has 1 N–H and O–H groups in total. The number of nitrogens with zero attached hydrogens (tertiary/aromatic N) is 1. The summed E-state index contributed by atoms with van der Waals surface area (Å²) in [5.41, 5.74) is 4.18. The molecule has 0 aliphatic carbocycles. The number of halogens is 1. The highest BCUT2D eigenvalue weighted by Gasteiger charge is 2.21. The summed E-state index contributed by atoms with van der Waals surface area (Å²) in [7, 11) is 7.47. The van der Waals surface area contributed by atoms with Gasteiger partial charge >= 0.3 is 5.97 Å². The van der Waals surface area contributed by atoms with E-state index in [-0.39, 0.29) is 0 Å². The molecule has 1 aromatic carbocycles. The summed E-state index contributed by atoms with van der Waals surface area (Å²) in [5, 5.41) is 1.91. The van der Waals surface area contributed by atoms with Crippen LogP contribution < -0.4 is 5.46 Å². The van der Waals surface area contributed by atoms with E-state index < -0.39 is 5.97 Å². The lowest BCUT2D eigenvalue weighted by Crippen LogP contribution is -2.20. The summed E-state index contributed by atoms with van der Waals surface area (Å²) in [5.74, 6) is -0.449. The van der Waals surface area contributed by atoms with E-state index in [0.29, 0.717) is 15.5 Å². The van der Waals surface area contributed by atoms with E-state index in [9.17, 15) is 4.79 Å². The van der Waals surface area contributed by atoms with Gasteiger partial charge in [0.15, 0.2) is 0 Å². The molecule has 0 aliphatic heterocycles. The fraction of sp³-hybridized carbons (Fsp3) is 0.200. The van der Waals surface area contributed by atoms with Crippen molar-refractivity contribution >= 4 is 57.1 Å². The number of pyridine rings is 1. The zero-order chi connectivity index (χ0) is 15.3. The molecule has 6 heteroatoms. The quantitative estimate of drug-likeness (QED) is 0.546. The average molecular weight is 343 g/mol. The second kappa shape index (κ2) is 4.88. The lowest BCUT2D eigenvalue weighted by molar-refractivity contribution is 0.0601. The van der Waals surface area contributed by atoms with Crippen molar-refractivity contribution in [3.05, 3.63) is 33.4 Å². The van der Waals surface area contributed by atoms with Crippen LogP contribution in [0.2, 0.25) is 0 Å². The summed E-state index contributed by atoms with van der Waals surface area (Å²) >= 11 is 3.51. The smallest absolute Gasteiger partial charge is 0.337 e. The van der Waals surface area contributed by atoms with Crippen LogP contribution in [-0.4, -0.2) is 30.9 Å². The van der Waals surface area contributed by atoms with Gasteiger partial charge in [0.05, 0.1) is 18.2 Å². The predicted molar refractivity (Wildman–Crippen MR) is 87.5 cm³/mol. The summed E-state index contributed by atoms with van der Waals surface area (Å²) in [6.45, 7) is 3.83. The molecule has 3 aromatic rings. The zero-order valence-electron chi connectivity index (χ0n) is 11.9. The Morgan fingerprint density at radius 2 is 2.14 bits per heavy atom. The lowest BCUT2D eigenvalue weighted by Gasteiger charge is -2.12. The van der Waals surface area contributed by atoms with Crippen LogP contribution in [0.4, 0.5) is 0 Å². The van der Waals surface area contributed by atoms with Crippen molar-refractivity contribution in [1.29, 1.82) is 0 Å². The van der Waals surface area contributed by atoms with E-state index >= 15 is 0 Å². The minimum atomic E-state index is -0.449. The number of carbonyl (C=O) groups is 1. The Hall–Kier alpha value is -1.82. The van der Waals surface area contributed by atoms with Crippen molar-refractivity contribution in [2.24, 2.45) is 0 Å². The number of aryl methyl sites for hydroxylation is 2. The third-order valence-electron chi connectivity index (χ3n) is 3.65. The number of aromatic nitrogens is 2. The van der Waals surface area contributed by atoms with Gasteiger partial charge in [-0.05, 0) is 31.0 Å². The lowest BCUT2D eigenvalue weighted by atomic mass is 9.86. The van der Waals surface area contributed by atoms with Gasteiger partial charge in [0.1, 0.15) is 13.5 Å². The van der Waals surface area contributed by atoms with Gasteiger partial charge < -0.3 is 9.72 Å². The highest BCUT2D eigenvalue weighted by Crippen LogP contribution is 2.33. The van der Waals surface area contributed by atoms with Crippen LogP contribution in [0, 0.1) is 13.8 Å². The maximum Gasteiger partial charge on any atom is 0.337 e. The van der Waals surface area contributed by atoms with Crippen LogP contribution in [0.3, 0.4) is 0 Å². The number of H-pyrrole nitrogens is 1. The number of hydrogen-bond donors (Lipinski definition) is 1. The summed E-state index contributed by atoms with van der Waals surface area (Å²) in [6.07, 6.45) is 1.80. The molecule has 0 unspecified atom stereocenters. The predicted octanol–water partition coefficient (Wildman–Crippen LogP) is 2.68. The van der Waals surface area contributed by atoms with E-state index in [0.717, 1.165) is 33.1 Å². The van der Waals surface area contributed by atoms with Gasteiger partial charge in [-0.15, -0.1) is 0 Å². The molecule has 0 aliphatic rings. The van der Waals surface area contributed by atoms with Gasteiger partial charge in [0.2, 0.25) is 0 Å². The van der Waals surface area contributed by atoms with Gasteiger partial charge in [0, 0.05) is 21.4 Å². The van der Waals surface area contributed by atoms with Crippen LogP contribution in [0.25, 0.3) is 21.9 Å². The molecule has 21 heavy (non-hydrogen) atoms. The van der Waals surface area contributed by atoms with Gasteiger partial charge in [-0.1, -0.05) is 21.4 Å². The minimum absolute atomic E-state index is 0.375. The Labute approximate surface area is 131 Å². The number of fused-ring (bicyclic) bond motifs is 3. The summed E-state index contributed by atoms with van der Waals surface area (Å²) in [6, 6.07) is 2.04. The van der Waals surface area contributed by atoms with Crippen LogP contribution in [0.15, 0.2) is 16.7 Å². The molecule has 0 bridgehead atoms. The first kappa shape index (κ1) is 14.1. The zero-order valence-corrected chi connectivity index (χ0v) is 13.5. The summed E-state index contributed by atoms with van der Waals surface area (Å²) < 4.78 is 5.51. The van der Waals surface area contributed by atoms with E-state index in [1.165, 1.54) is 7.11 Å². The Bertz CT molecular complexity index is 902. The van der Waals surface area contributed by atoms with Crippen molar-refractivity contribution < 1.29 is 9.53 Å². The van der Waals surface area contributed by atoms with E-state index in [2.05, 4.69) is 25.9 Å². The Balaban J connectivity index is 2.53. The molecular formula is C15H12BBrN2O2. The fourth-order valence-corrected chi connectivity index (χ4v) is 3.23. The second-order valence-electron chi connectivity index (χ2n) is 5.00. The van der Waals surface area contributed by atoms with Gasteiger partial charge in [-0.3, -0.25) is 0 Å². The van der Waals surface area contributed by atoms with E-state index in [1.807, 2.05) is 19.9 Å². The van der Waals surface area contributed by atoms with Crippen LogP contribution in [0.1, 0.15) is 21.5 Å². The molecule has 3 rings (SSSR count). The maximum absolute atomic E-state index is 12.0. The van der Waals surface area contributed by atoms with Crippen molar-refractivity contribution in [3.63, 3.8) is 0 Å². The van der Waals surface area contributed by atoms with Crippen molar-refractivity contribution in [2.45, 2.75) is 13.8 Å². The van der Waals surface area contributed by atoms with Gasteiger partial charge in [0.25, 0.3) is 0 Å². The number of nitrogens with one attached hydrogen (secondary N) is 1. The van der Waals surface area contributed by atoms with Crippen LogP contribution in [-0.2, 0) is 4.74 Å². The molecule has 0 atom stereocenters. The molecule has 104 valence electrons. The molecule has 0 saturated carbocycles. The molecule has 0 saturated heterocycles. The minimum Gasteiger partial charge on any atom is -0.465 e. The molecule has 0 spiro atoms. The first-order valence-electron chi connectivity index (χ1n) is 6.39. The molecule has 2 radical (unpaired) electrons. The molecule has 2 aromatic heterocycles. The first-order valence-corrected chi connectivity index (χ1v) is 7.18. The monoisotopic (exact) mass is 342 g/mol. The Morgan fingerprint density at radius 1 is 1.43 bits per heavy atom. The largest absolute Gasteiger partial charge is 0.465 e. The number of rotatable bonds is 1. The molecule has 4 nitrogen and oxygen atoms in total. The Morgan fingerprint density at radius 3 is 2.81 bits per heavy atom. The molecular weight excluding hydrogens is 331 g/mol. The van der Waals surface area contributed by atoms with E-state index in [1.54, 1.807) is 6.20 Å². The third kappa shape index (κ3) is 1.97. The number of methoxy groups -OCH3 is 1. The molecule has 0 amide bonds. The molecule has 2 heterocycles. The number of carbonyl (C=O) groups excluding carboxylic acids is 1. The second-order valence-corrected chi connectivity index (χ2v) is 5.80. The first-order chi connectivity index (χ1) is 9.95. The highest BCUT2D eigenvalue weighted by molar-refractivity contribution is 9.10. The number of ether oxygens (including phenoxy) is 1. The maximum atomic E-state index is 12.0. The topological polar surface area (TPSA) is 55.0 Å². The Kier molecular flexibility index (Phi) is 3.28. The fourth-order valence-electron chi connectivity index (χ4n) is 2.62. The molecule has 0 fully saturated rings. The van der Waals surface area contributed by atoms with E-state index in [4.69, 9.17) is 12.6 Å². The number of hydrogen-bond acceptors (Lipinski definition) is 3. The van der Waals surface area contributed by atoms with Crippen LogP contribution in [0.5, 0.6) is 0 Å². The average Bonchev–Trinajstić information content (AvgIpc) is 2.83. The van der Waals surface area contributed by atoms with Crippen molar-refractivity contribution in [3.8, 4) is 0 Å². The number of benzene rings is 1. The summed E-state index contributed by atoms with van der Waals surface area (Å²) in [4.78, 5) is 19.6. The number of aromatic amines is 1. The van der Waals surface area contributed by atoms with Crippen molar-refractivity contribution in [1.82, 2.24) is 9.97 Å². The highest BCUT2D eigenvalue weighted by atomic mass is 79.9.